The van der Waals surface area contributed by atoms with Crippen molar-refractivity contribution in [3.05, 3.63) is 36.4 Å². The maximum absolute atomic E-state index is 11.9. The lowest BCUT2D eigenvalue weighted by molar-refractivity contribution is 0.590. The number of halogens is 1. The summed E-state index contributed by atoms with van der Waals surface area (Å²) < 4.78 is 71.2. The monoisotopic (exact) mass is 397 g/mol. The van der Waals surface area contributed by atoms with E-state index in [2.05, 4.69) is 0 Å². The lowest BCUT2D eigenvalue weighted by atomic mass is 10.1. The number of nitrogens with zero attached hydrogens (tertiary/aromatic N) is 1. The van der Waals surface area contributed by atoms with Gasteiger partial charge in [-0.2, -0.15) is 3.71 Å². The van der Waals surface area contributed by atoms with Crippen molar-refractivity contribution in [3.8, 4) is 0 Å². The van der Waals surface area contributed by atoms with Crippen molar-refractivity contribution in [2.45, 2.75) is 4.90 Å². The molecule has 0 saturated heterocycles. The van der Waals surface area contributed by atoms with Crippen LogP contribution in [-0.4, -0.2) is 37.8 Å². The molecule has 0 heterocycles. The highest BCUT2D eigenvalue weighted by Crippen LogP contribution is 2.34. The second-order valence-corrected chi connectivity index (χ2v) is 11.2. The third kappa shape index (κ3) is 3.60. The van der Waals surface area contributed by atoms with Gasteiger partial charge in [0.2, 0.25) is 20.0 Å². The van der Waals surface area contributed by atoms with Gasteiger partial charge in [-0.25, -0.2) is 25.3 Å². The molecule has 0 aliphatic heterocycles. The first-order valence-electron chi connectivity index (χ1n) is 6.00. The Labute approximate surface area is 139 Å². The fraction of sp³-hybridized carbons (Fsp3) is 0.167. The molecule has 0 radical (unpaired) electrons. The molecule has 0 amide bonds. The minimum absolute atomic E-state index is 0.123. The molecule has 7 nitrogen and oxygen atoms in total. The zero-order chi connectivity index (χ0) is 17.6. The Kier molecular flexibility index (Phi) is 4.39. The minimum Gasteiger partial charge on any atom is -0.207 e. The van der Waals surface area contributed by atoms with Crippen LogP contribution in [0.5, 0.6) is 0 Å². The normalized spacial score (nSPS) is 13.2. The molecule has 0 aliphatic carbocycles. The molecule has 0 bridgehead atoms. The molecule has 2 aromatic rings. The zero-order valence-corrected chi connectivity index (χ0v) is 15.2. The molecule has 0 aliphatic rings. The van der Waals surface area contributed by atoms with Gasteiger partial charge in [0, 0.05) is 21.5 Å². The Morgan fingerprint density at radius 2 is 1.26 bits per heavy atom. The lowest BCUT2D eigenvalue weighted by Gasteiger charge is -2.21. The van der Waals surface area contributed by atoms with E-state index in [-0.39, 0.29) is 25.1 Å². The minimum atomic E-state index is -4.15. The molecule has 11 heteroatoms. The predicted molar refractivity (Wildman–Crippen MR) is 89.2 cm³/mol. The first-order chi connectivity index (χ1) is 10.3. The molecule has 0 spiro atoms. The van der Waals surface area contributed by atoms with E-state index in [0.29, 0.717) is 0 Å². The smallest absolute Gasteiger partial charge is 0.207 e. The van der Waals surface area contributed by atoms with E-state index >= 15 is 0 Å². The van der Waals surface area contributed by atoms with Gasteiger partial charge in [0.15, 0.2) is 0 Å². The third-order valence-electron chi connectivity index (χ3n) is 2.92. The molecule has 23 heavy (non-hydrogen) atoms. The van der Waals surface area contributed by atoms with E-state index in [9.17, 15) is 25.3 Å². The summed E-state index contributed by atoms with van der Waals surface area (Å²) in [4.78, 5) is -0.236. The molecule has 126 valence electrons. The number of hydrogen-bond donors (Lipinski definition) is 0. The Balaban J connectivity index is 2.98. The molecule has 2 rings (SSSR count). The van der Waals surface area contributed by atoms with E-state index in [0.717, 1.165) is 12.5 Å². The van der Waals surface area contributed by atoms with Crippen LogP contribution in [0.3, 0.4) is 0 Å². The van der Waals surface area contributed by atoms with Crippen LogP contribution < -0.4 is 3.71 Å². The quantitative estimate of drug-likeness (QED) is 0.723. The van der Waals surface area contributed by atoms with Gasteiger partial charge in [-0.3, -0.25) is 0 Å². The Morgan fingerprint density at radius 3 is 1.74 bits per heavy atom. The molecule has 0 aromatic heterocycles. The highest BCUT2D eigenvalue weighted by atomic mass is 35.7. The van der Waals surface area contributed by atoms with Crippen LogP contribution in [0, 0.1) is 0 Å². The maximum Gasteiger partial charge on any atom is 0.261 e. The highest BCUT2D eigenvalue weighted by Gasteiger charge is 2.29. The zero-order valence-electron chi connectivity index (χ0n) is 12.0. The number of rotatable bonds is 4. The van der Waals surface area contributed by atoms with Crippen LogP contribution in [0.1, 0.15) is 0 Å². The number of benzene rings is 2. The molecule has 0 fully saturated rings. The van der Waals surface area contributed by atoms with Crippen LogP contribution in [0.4, 0.5) is 5.69 Å². The van der Waals surface area contributed by atoms with Gasteiger partial charge in [-0.05, 0) is 12.1 Å². The fourth-order valence-electron chi connectivity index (χ4n) is 2.24. The first-order valence-corrected chi connectivity index (χ1v) is 12.0. The van der Waals surface area contributed by atoms with E-state index in [1.165, 1.54) is 36.4 Å². The standard InChI is InChI=1S/C12H12ClNO6S3/c1-21(15,16)14(22(2,17)18)11-7-3-6-10-9(11)5-4-8-12(10)23(13,19)20/h3-8H,1-2H3. The van der Waals surface area contributed by atoms with Crippen molar-refractivity contribution in [3.63, 3.8) is 0 Å². The van der Waals surface area contributed by atoms with Gasteiger partial charge in [0.05, 0.1) is 23.1 Å². The average Bonchev–Trinajstić information content (AvgIpc) is 2.34. The topological polar surface area (TPSA) is 106 Å². The maximum atomic E-state index is 11.9. The number of anilines is 1. The summed E-state index contributed by atoms with van der Waals surface area (Å²) in [7, 11) is -7.02. The second kappa shape index (κ2) is 5.62. The van der Waals surface area contributed by atoms with Gasteiger partial charge in [-0.15, -0.1) is 0 Å². The second-order valence-electron chi connectivity index (χ2n) is 4.79. The van der Waals surface area contributed by atoms with Crippen LogP contribution >= 0.6 is 10.7 Å². The van der Waals surface area contributed by atoms with Crippen molar-refractivity contribution >= 4 is 56.2 Å². The van der Waals surface area contributed by atoms with Crippen LogP contribution in [0.25, 0.3) is 10.8 Å². The summed E-state index contributed by atoms with van der Waals surface area (Å²) in [5, 5.41) is 0.252. The van der Waals surface area contributed by atoms with Gasteiger partial charge in [-0.1, -0.05) is 24.3 Å². The first kappa shape index (κ1) is 18.0. The summed E-state index contributed by atoms with van der Waals surface area (Å²) in [6.45, 7) is 0. The summed E-state index contributed by atoms with van der Waals surface area (Å²) in [6, 6.07) is 8.06. The molecular weight excluding hydrogens is 386 g/mol. The lowest BCUT2D eigenvalue weighted by Crippen LogP contribution is -2.35. The molecule has 0 unspecified atom stereocenters. The third-order valence-corrected chi connectivity index (χ3v) is 7.52. The molecular formula is C12H12ClNO6S3. The molecule has 2 aromatic carbocycles. The summed E-state index contributed by atoms with van der Waals surface area (Å²) >= 11 is 0. The van der Waals surface area contributed by atoms with Crippen molar-refractivity contribution < 1.29 is 25.3 Å². The summed E-state index contributed by atoms with van der Waals surface area (Å²) in [5.41, 5.74) is -0.172. The van der Waals surface area contributed by atoms with E-state index in [4.69, 9.17) is 10.7 Å². The van der Waals surface area contributed by atoms with E-state index in [1.54, 1.807) is 0 Å². The van der Waals surface area contributed by atoms with Crippen LogP contribution in [-0.2, 0) is 29.1 Å². The van der Waals surface area contributed by atoms with Gasteiger partial charge >= 0.3 is 0 Å². The molecule has 0 atom stereocenters. The van der Waals surface area contributed by atoms with E-state index in [1.807, 2.05) is 0 Å². The Morgan fingerprint density at radius 1 is 0.783 bits per heavy atom. The van der Waals surface area contributed by atoms with Crippen molar-refractivity contribution in [2.75, 3.05) is 16.2 Å². The van der Waals surface area contributed by atoms with Crippen LogP contribution in [0.15, 0.2) is 41.3 Å². The highest BCUT2D eigenvalue weighted by molar-refractivity contribution is 8.14. The summed E-state index contributed by atoms with van der Waals surface area (Å²) in [6.07, 6.45) is 1.49. The Bertz CT molecular complexity index is 1060. The summed E-state index contributed by atoms with van der Waals surface area (Å²) in [5.74, 6) is 0. The largest absolute Gasteiger partial charge is 0.261 e. The average molecular weight is 398 g/mol. The number of sulfonamides is 2. The van der Waals surface area contributed by atoms with Gasteiger partial charge in [0.25, 0.3) is 9.05 Å². The number of fused-ring (bicyclic) bond motifs is 1. The SMILES string of the molecule is CS(=O)(=O)N(c1cccc2c(S(=O)(=O)Cl)cccc12)S(C)(=O)=O. The predicted octanol–water partition coefficient (Wildman–Crippen LogP) is 1.49. The van der Waals surface area contributed by atoms with Crippen molar-refractivity contribution in [2.24, 2.45) is 0 Å². The molecule has 0 N–H and O–H groups in total. The van der Waals surface area contributed by atoms with Gasteiger partial charge in [0.1, 0.15) is 0 Å². The Hall–Kier alpha value is -1.36. The van der Waals surface area contributed by atoms with Crippen molar-refractivity contribution in [1.29, 1.82) is 0 Å². The molecule has 0 saturated carbocycles. The van der Waals surface area contributed by atoms with E-state index < -0.39 is 29.1 Å². The fourth-order valence-corrected chi connectivity index (χ4v) is 6.33. The van der Waals surface area contributed by atoms with Gasteiger partial charge < -0.3 is 0 Å². The van der Waals surface area contributed by atoms with Crippen LogP contribution in [0.2, 0.25) is 0 Å². The van der Waals surface area contributed by atoms with Crippen molar-refractivity contribution in [1.82, 2.24) is 0 Å². The number of hydrogen-bond acceptors (Lipinski definition) is 6.